The number of hydrazine groups is 1. The first-order valence-electron chi connectivity index (χ1n) is 5.49. The van der Waals surface area contributed by atoms with E-state index < -0.39 is 0 Å². The molecule has 96 valence electrons. The SMILES string of the molecule is COc1ccc(C(COC(C)C)NN)cc1Br. The lowest BCUT2D eigenvalue weighted by atomic mass is 10.1. The number of benzene rings is 1. The Hall–Kier alpha value is -0.620. The second kappa shape index (κ2) is 6.96. The highest BCUT2D eigenvalue weighted by atomic mass is 79.9. The van der Waals surface area contributed by atoms with Crippen molar-refractivity contribution in [1.82, 2.24) is 5.43 Å². The van der Waals surface area contributed by atoms with Gasteiger partial charge in [0.25, 0.3) is 0 Å². The number of nitrogens with two attached hydrogens (primary N) is 1. The van der Waals surface area contributed by atoms with Crippen LogP contribution in [0.15, 0.2) is 22.7 Å². The standard InChI is InChI=1S/C12H19BrN2O2/c1-8(2)17-7-11(15-14)9-4-5-12(16-3)10(13)6-9/h4-6,8,11,15H,7,14H2,1-3H3. The number of halogens is 1. The molecular formula is C12H19BrN2O2. The van der Waals surface area contributed by atoms with Crippen LogP contribution in [0.2, 0.25) is 0 Å². The van der Waals surface area contributed by atoms with Crippen LogP contribution in [0.4, 0.5) is 0 Å². The van der Waals surface area contributed by atoms with Crippen LogP contribution in [0.1, 0.15) is 25.5 Å². The van der Waals surface area contributed by atoms with Crippen LogP contribution < -0.4 is 16.0 Å². The molecule has 1 atom stereocenters. The fraction of sp³-hybridized carbons (Fsp3) is 0.500. The molecule has 0 heterocycles. The zero-order chi connectivity index (χ0) is 12.8. The van der Waals surface area contributed by atoms with E-state index in [9.17, 15) is 0 Å². The molecule has 0 amide bonds. The maximum atomic E-state index is 5.56. The predicted molar refractivity (Wildman–Crippen MR) is 71.8 cm³/mol. The Morgan fingerprint density at radius 3 is 2.59 bits per heavy atom. The molecule has 0 radical (unpaired) electrons. The summed E-state index contributed by atoms with van der Waals surface area (Å²) in [6.07, 6.45) is 0.188. The third kappa shape index (κ3) is 4.27. The van der Waals surface area contributed by atoms with Gasteiger partial charge < -0.3 is 9.47 Å². The van der Waals surface area contributed by atoms with Crippen molar-refractivity contribution < 1.29 is 9.47 Å². The summed E-state index contributed by atoms with van der Waals surface area (Å²) < 4.78 is 11.6. The average molecular weight is 303 g/mol. The van der Waals surface area contributed by atoms with E-state index in [2.05, 4.69) is 21.4 Å². The molecule has 0 fully saturated rings. The van der Waals surface area contributed by atoms with Crippen molar-refractivity contribution in [2.45, 2.75) is 26.0 Å². The van der Waals surface area contributed by atoms with Crippen LogP contribution in [0, 0.1) is 0 Å². The Bertz CT molecular complexity index is 358. The minimum atomic E-state index is -0.0281. The molecule has 0 aliphatic rings. The quantitative estimate of drug-likeness (QED) is 0.626. The normalized spacial score (nSPS) is 12.8. The summed E-state index contributed by atoms with van der Waals surface area (Å²) in [6.45, 7) is 4.53. The first kappa shape index (κ1) is 14.4. The summed E-state index contributed by atoms with van der Waals surface area (Å²) in [5, 5.41) is 0. The average Bonchev–Trinajstić information content (AvgIpc) is 2.29. The Kier molecular flexibility index (Phi) is 5.91. The van der Waals surface area contributed by atoms with E-state index in [1.807, 2.05) is 32.0 Å². The van der Waals surface area contributed by atoms with Gasteiger partial charge in [-0.15, -0.1) is 0 Å². The maximum absolute atomic E-state index is 5.56. The van der Waals surface area contributed by atoms with Gasteiger partial charge in [-0.2, -0.15) is 0 Å². The Balaban J connectivity index is 2.78. The van der Waals surface area contributed by atoms with E-state index in [1.165, 1.54) is 0 Å². The van der Waals surface area contributed by atoms with Crippen molar-refractivity contribution in [3.8, 4) is 5.75 Å². The molecule has 0 saturated carbocycles. The summed E-state index contributed by atoms with van der Waals surface area (Å²) in [6, 6.07) is 5.82. The highest BCUT2D eigenvalue weighted by molar-refractivity contribution is 9.10. The monoisotopic (exact) mass is 302 g/mol. The molecule has 0 spiro atoms. The van der Waals surface area contributed by atoms with Crippen LogP contribution in [0.25, 0.3) is 0 Å². The van der Waals surface area contributed by atoms with Crippen LogP contribution in [-0.2, 0) is 4.74 Å². The first-order valence-corrected chi connectivity index (χ1v) is 6.29. The van der Waals surface area contributed by atoms with Gasteiger partial charge in [0.2, 0.25) is 0 Å². The zero-order valence-electron chi connectivity index (χ0n) is 10.4. The molecule has 1 aromatic rings. The number of hydrogen-bond donors (Lipinski definition) is 2. The maximum Gasteiger partial charge on any atom is 0.133 e. The second-order valence-electron chi connectivity index (χ2n) is 4.00. The number of rotatable bonds is 6. The van der Waals surface area contributed by atoms with Crippen LogP contribution in [0.5, 0.6) is 5.75 Å². The summed E-state index contributed by atoms with van der Waals surface area (Å²) in [5.41, 5.74) is 3.81. The third-order valence-corrected chi connectivity index (χ3v) is 3.00. The zero-order valence-corrected chi connectivity index (χ0v) is 12.0. The summed E-state index contributed by atoms with van der Waals surface area (Å²) >= 11 is 3.45. The van der Waals surface area contributed by atoms with Crippen LogP contribution >= 0.6 is 15.9 Å². The number of nitrogens with one attached hydrogen (secondary N) is 1. The minimum Gasteiger partial charge on any atom is -0.496 e. The van der Waals surface area contributed by atoms with E-state index in [4.69, 9.17) is 15.3 Å². The van der Waals surface area contributed by atoms with Gasteiger partial charge in [0.1, 0.15) is 5.75 Å². The molecule has 1 rings (SSSR count). The number of ether oxygens (including phenoxy) is 2. The lowest BCUT2D eigenvalue weighted by Gasteiger charge is -2.19. The summed E-state index contributed by atoms with van der Waals surface area (Å²) in [4.78, 5) is 0. The van der Waals surface area contributed by atoms with Gasteiger partial charge in [0.05, 0.1) is 30.3 Å². The molecule has 0 aliphatic heterocycles. The molecule has 0 bridgehead atoms. The second-order valence-corrected chi connectivity index (χ2v) is 4.85. The highest BCUT2D eigenvalue weighted by Gasteiger charge is 2.12. The molecule has 0 aliphatic carbocycles. The lowest BCUT2D eigenvalue weighted by Crippen LogP contribution is -2.32. The lowest BCUT2D eigenvalue weighted by molar-refractivity contribution is 0.0611. The predicted octanol–water partition coefficient (Wildman–Crippen LogP) is 2.39. The Morgan fingerprint density at radius 1 is 1.41 bits per heavy atom. The van der Waals surface area contributed by atoms with Gasteiger partial charge in [-0.1, -0.05) is 6.07 Å². The topological polar surface area (TPSA) is 56.5 Å². The van der Waals surface area contributed by atoms with Crippen molar-refractivity contribution in [3.63, 3.8) is 0 Å². The molecule has 1 aromatic carbocycles. The number of hydrogen-bond acceptors (Lipinski definition) is 4. The van der Waals surface area contributed by atoms with E-state index in [1.54, 1.807) is 7.11 Å². The Morgan fingerprint density at radius 2 is 2.12 bits per heavy atom. The van der Waals surface area contributed by atoms with Crippen molar-refractivity contribution in [3.05, 3.63) is 28.2 Å². The van der Waals surface area contributed by atoms with Gasteiger partial charge in [0.15, 0.2) is 0 Å². The smallest absolute Gasteiger partial charge is 0.133 e. The largest absolute Gasteiger partial charge is 0.496 e. The van der Waals surface area contributed by atoms with Gasteiger partial charge in [-0.05, 0) is 47.5 Å². The molecule has 3 N–H and O–H groups in total. The molecule has 0 saturated heterocycles. The van der Waals surface area contributed by atoms with Gasteiger partial charge in [-0.3, -0.25) is 11.3 Å². The fourth-order valence-electron chi connectivity index (χ4n) is 1.43. The van der Waals surface area contributed by atoms with Crippen molar-refractivity contribution in [2.75, 3.05) is 13.7 Å². The molecule has 17 heavy (non-hydrogen) atoms. The van der Waals surface area contributed by atoms with Gasteiger partial charge >= 0.3 is 0 Å². The van der Waals surface area contributed by atoms with Crippen molar-refractivity contribution in [1.29, 1.82) is 0 Å². The molecule has 1 unspecified atom stereocenters. The van der Waals surface area contributed by atoms with Crippen LogP contribution in [0.3, 0.4) is 0 Å². The Labute approximate surface area is 111 Å². The van der Waals surface area contributed by atoms with E-state index >= 15 is 0 Å². The summed E-state index contributed by atoms with van der Waals surface area (Å²) in [5.74, 6) is 6.34. The fourth-order valence-corrected chi connectivity index (χ4v) is 1.99. The molecular weight excluding hydrogens is 284 g/mol. The molecule has 0 aromatic heterocycles. The summed E-state index contributed by atoms with van der Waals surface area (Å²) in [7, 11) is 1.64. The van der Waals surface area contributed by atoms with Gasteiger partial charge in [-0.25, -0.2) is 0 Å². The molecule has 5 heteroatoms. The number of methoxy groups -OCH3 is 1. The van der Waals surface area contributed by atoms with Crippen molar-refractivity contribution >= 4 is 15.9 Å². The molecule has 4 nitrogen and oxygen atoms in total. The van der Waals surface area contributed by atoms with Crippen molar-refractivity contribution in [2.24, 2.45) is 5.84 Å². The van der Waals surface area contributed by atoms with E-state index in [0.29, 0.717) is 6.61 Å². The minimum absolute atomic E-state index is 0.0281. The third-order valence-electron chi connectivity index (χ3n) is 2.38. The van der Waals surface area contributed by atoms with E-state index in [-0.39, 0.29) is 12.1 Å². The highest BCUT2D eigenvalue weighted by Crippen LogP contribution is 2.28. The first-order chi connectivity index (χ1) is 8.08. The van der Waals surface area contributed by atoms with Gasteiger partial charge in [0, 0.05) is 0 Å². The van der Waals surface area contributed by atoms with E-state index in [0.717, 1.165) is 15.8 Å². The van der Waals surface area contributed by atoms with Crippen LogP contribution in [-0.4, -0.2) is 19.8 Å².